The molecule has 4 aromatic carbocycles. The minimum absolute atomic E-state index is 0.00342. The number of amides is 1. The number of hydrazone groups is 1. The predicted octanol–water partition coefficient (Wildman–Crippen LogP) is 7.71. The number of fused-ring (bicyclic) bond motifs is 1. The monoisotopic (exact) mass is 667 g/mol. The van der Waals surface area contributed by atoms with Gasteiger partial charge in [-0.25, -0.2) is 13.4 Å². The molecule has 2 atom stereocenters. The van der Waals surface area contributed by atoms with E-state index in [1.807, 2.05) is 33.1 Å². The molecule has 6 rings (SSSR count). The van der Waals surface area contributed by atoms with Crippen molar-refractivity contribution in [2.45, 2.75) is 30.2 Å². The third-order valence-corrected chi connectivity index (χ3v) is 10.3. The molecular formula is C37H38ClN5O3S. The van der Waals surface area contributed by atoms with Gasteiger partial charge in [0.2, 0.25) is 0 Å². The summed E-state index contributed by atoms with van der Waals surface area (Å²) in [6.07, 6.45) is 4.91. The van der Waals surface area contributed by atoms with E-state index in [-0.39, 0.29) is 28.3 Å². The molecule has 10 heteroatoms. The standard InChI is InChI=1S/C37H38ClN5O3S/c1-41(2)31-19-11-25(12-20-31)23-27-7-6-10-34-35(27)39-43(36(34)26-13-21-32(22-14-26)42(3)4)37(44)28-8-5-9-33(24-28)47(45,46)40-30-17-15-29(38)16-18-30/h5,8-9,11-24,34,36,40H,6-7,10H2,1-4H3/b27-23+/t34-,36+/m0/s1. The molecule has 1 aliphatic heterocycles. The maximum Gasteiger partial charge on any atom is 0.274 e. The first-order valence-corrected chi connectivity index (χ1v) is 17.4. The van der Waals surface area contributed by atoms with Gasteiger partial charge in [0, 0.05) is 61.8 Å². The van der Waals surface area contributed by atoms with Crippen molar-refractivity contribution in [3.05, 3.63) is 124 Å². The van der Waals surface area contributed by atoms with Gasteiger partial charge in [0.1, 0.15) is 0 Å². The Morgan fingerprint density at radius 2 is 1.53 bits per heavy atom. The average molecular weight is 668 g/mol. The van der Waals surface area contributed by atoms with Gasteiger partial charge in [0.25, 0.3) is 15.9 Å². The molecule has 8 nitrogen and oxygen atoms in total. The van der Waals surface area contributed by atoms with Crippen molar-refractivity contribution >= 4 is 56.4 Å². The van der Waals surface area contributed by atoms with Gasteiger partial charge in [-0.3, -0.25) is 9.52 Å². The zero-order valence-corrected chi connectivity index (χ0v) is 28.5. The second kappa shape index (κ2) is 13.3. The maximum atomic E-state index is 14.3. The molecule has 0 aromatic heterocycles. The summed E-state index contributed by atoms with van der Waals surface area (Å²) < 4.78 is 29.2. The number of anilines is 3. The third kappa shape index (κ3) is 6.92. The number of sulfonamides is 1. The Hall–Kier alpha value is -4.60. The van der Waals surface area contributed by atoms with Gasteiger partial charge >= 0.3 is 0 Å². The minimum Gasteiger partial charge on any atom is -0.378 e. The lowest BCUT2D eigenvalue weighted by atomic mass is 9.77. The van der Waals surface area contributed by atoms with E-state index in [0.717, 1.165) is 53.0 Å². The summed E-state index contributed by atoms with van der Waals surface area (Å²) in [7, 11) is 4.05. The molecule has 2 aliphatic rings. The number of benzene rings is 4. The fourth-order valence-corrected chi connectivity index (χ4v) is 7.43. The second-order valence-electron chi connectivity index (χ2n) is 12.4. The van der Waals surface area contributed by atoms with E-state index < -0.39 is 10.0 Å². The highest BCUT2D eigenvalue weighted by atomic mass is 35.5. The number of nitrogens with one attached hydrogen (secondary N) is 1. The SMILES string of the molecule is CN(C)c1ccc(/C=C2\CCC[C@H]3C2=NN(C(=O)c2cccc(S(=O)(=O)Nc4ccc(Cl)cc4)c2)[C@@H]3c2ccc(N(C)C)cc2)cc1. The summed E-state index contributed by atoms with van der Waals surface area (Å²) in [5.74, 6) is -0.351. The fourth-order valence-electron chi connectivity index (χ4n) is 6.20. The first kappa shape index (κ1) is 32.3. The molecule has 1 fully saturated rings. The largest absolute Gasteiger partial charge is 0.378 e. The normalized spacial score (nSPS) is 18.4. The quantitative estimate of drug-likeness (QED) is 0.208. The fraction of sp³-hybridized carbons (Fsp3) is 0.243. The van der Waals surface area contributed by atoms with Crippen molar-refractivity contribution in [2.75, 3.05) is 42.7 Å². The molecule has 242 valence electrons. The van der Waals surface area contributed by atoms with E-state index in [2.05, 4.69) is 64.2 Å². The molecule has 0 saturated heterocycles. The third-order valence-electron chi connectivity index (χ3n) is 8.70. The first-order chi connectivity index (χ1) is 22.5. The summed E-state index contributed by atoms with van der Waals surface area (Å²) in [6.45, 7) is 0. The van der Waals surface area contributed by atoms with Crippen LogP contribution in [-0.2, 0) is 10.0 Å². The number of rotatable bonds is 8. The van der Waals surface area contributed by atoms with Gasteiger partial charge in [-0.1, -0.05) is 41.9 Å². The smallest absolute Gasteiger partial charge is 0.274 e. The van der Waals surface area contributed by atoms with E-state index in [4.69, 9.17) is 16.7 Å². The number of hydrogen-bond acceptors (Lipinski definition) is 6. The first-order valence-electron chi connectivity index (χ1n) is 15.6. The minimum atomic E-state index is -3.97. The summed E-state index contributed by atoms with van der Waals surface area (Å²) in [5, 5.41) is 7.10. The Morgan fingerprint density at radius 3 is 2.17 bits per heavy atom. The Bertz CT molecular complexity index is 1940. The van der Waals surface area contributed by atoms with Crippen molar-refractivity contribution in [3.8, 4) is 0 Å². The number of allylic oxidation sites excluding steroid dienone is 1. The Kier molecular flexibility index (Phi) is 9.12. The van der Waals surface area contributed by atoms with Crippen molar-refractivity contribution in [2.24, 2.45) is 11.0 Å². The molecule has 1 N–H and O–H groups in total. The van der Waals surface area contributed by atoms with Crippen LogP contribution in [0.2, 0.25) is 5.02 Å². The van der Waals surface area contributed by atoms with Gasteiger partial charge in [-0.05, 0) is 109 Å². The van der Waals surface area contributed by atoms with Crippen LogP contribution in [-0.4, -0.2) is 53.2 Å². The lowest BCUT2D eigenvalue weighted by Crippen LogP contribution is -2.32. The maximum absolute atomic E-state index is 14.3. The second-order valence-corrected chi connectivity index (χ2v) is 14.5. The van der Waals surface area contributed by atoms with E-state index in [1.54, 1.807) is 41.4 Å². The number of halogens is 1. The molecule has 0 spiro atoms. The zero-order chi connectivity index (χ0) is 33.3. The van der Waals surface area contributed by atoms with Crippen LogP contribution >= 0.6 is 11.6 Å². The number of hydrogen-bond donors (Lipinski definition) is 1. The van der Waals surface area contributed by atoms with E-state index >= 15 is 0 Å². The lowest BCUT2D eigenvalue weighted by Gasteiger charge is -2.30. The van der Waals surface area contributed by atoms with Crippen molar-refractivity contribution in [1.82, 2.24) is 5.01 Å². The summed E-state index contributed by atoms with van der Waals surface area (Å²) in [4.78, 5) is 18.4. The van der Waals surface area contributed by atoms with Gasteiger partial charge in [0.05, 0.1) is 16.6 Å². The average Bonchev–Trinajstić information content (AvgIpc) is 3.46. The topological polar surface area (TPSA) is 85.3 Å². The molecule has 4 aromatic rings. The Morgan fingerprint density at radius 1 is 0.894 bits per heavy atom. The number of nitrogens with zero attached hydrogens (tertiary/aromatic N) is 4. The van der Waals surface area contributed by atoms with Gasteiger partial charge in [0.15, 0.2) is 0 Å². The van der Waals surface area contributed by atoms with Crippen LogP contribution in [0.25, 0.3) is 6.08 Å². The number of carbonyl (C=O) groups excluding carboxylic acids is 1. The highest BCUT2D eigenvalue weighted by Crippen LogP contribution is 2.45. The highest BCUT2D eigenvalue weighted by Gasteiger charge is 2.44. The molecule has 1 amide bonds. The Labute approximate surface area is 282 Å². The van der Waals surface area contributed by atoms with Crippen molar-refractivity contribution in [3.63, 3.8) is 0 Å². The molecule has 0 bridgehead atoms. The molecule has 47 heavy (non-hydrogen) atoms. The van der Waals surface area contributed by atoms with Crippen molar-refractivity contribution < 1.29 is 13.2 Å². The van der Waals surface area contributed by atoms with Gasteiger partial charge in [-0.15, -0.1) is 0 Å². The summed E-state index contributed by atoms with van der Waals surface area (Å²) in [6, 6.07) is 28.8. The lowest BCUT2D eigenvalue weighted by molar-refractivity contribution is 0.0680. The van der Waals surface area contributed by atoms with Gasteiger partial charge < -0.3 is 9.80 Å². The summed E-state index contributed by atoms with van der Waals surface area (Å²) >= 11 is 5.97. The van der Waals surface area contributed by atoms with Crippen LogP contribution in [0.5, 0.6) is 0 Å². The van der Waals surface area contributed by atoms with Crippen LogP contribution in [0.3, 0.4) is 0 Å². The van der Waals surface area contributed by atoms with E-state index in [9.17, 15) is 13.2 Å². The highest BCUT2D eigenvalue weighted by molar-refractivity contribution is 7.92. The predicted molar refractivity (Wildman–Crippen MR) is 192 cm³/mol. The van der Waals surface area contributed by atoms with Crippen molar-refractivity contribution in [1.29, 1.82) is 0 Å². The van der Waals surface area contributed by atoms with Crippen LogP contribution in [0, 0.1) is 5.92 Å². The van der Waals surface area contributed by atoms with Crippen LogP contribution in [0.1, 0.15) is 46.8 Å². The van der Waals surface area contributed by atoms with E-state index in [1.165, 1.54) is 12.1 Å². The molecule has 1 heterocycles. The zero-order valence-electron chi connectivity index (χ0n) is 26.9. The van der Waals surface area contributed by atoms with Gasteiger partial charge in [-0.2, -0.15) is 5.10 Å². The Balaban J connectivity index is 1.37. The van der Waals surface area contributed by atoms with Crippen LogP contribution in [0.15, 0.2) is 113 Å². The number of carbonyl (C=O) groups is 1. The summed E-state index contributed by atoms with van der Waals surface area (Å²) in [5.41, 5.74) is 6.89. The molecule has 0 radical (unpaired) electrons. The van der Waals surface area contributed by atoms with E-state index in [0.29, 0.717) is 10.7 Å². The van der Waals surface area contributed by atoms with Crippen LogP contribution < -0.4 is 14.5 Å². The van der Waals surface area contributed by atoms with Crippen LogP contribution in [0.4, 0.5) is 17.1 Å². The molecule has 1 aliphatic carbocycles. The molecule has 0 unspecified atom stereocenters. The molecule has 1 saturated carbocycles. The molecular weight excluding hydrogens is 630 g/mol.